The third-order valence-electron chi connectivity index (χ3n) is 2.43. The molecule has 0 saturated carbocycles. The molecule has 1 aromatic heterocycles. The van der Waals surface area contributed by atoms with Crippen LogP contribution in [0.4, 0.5) is 0 Å². The molecule has 4 heteroatoms. The average molecular weight is 253 g/mol. The topological polar surface area (TPSA) is 38.9 Å². The molecule has 0 bridgehead atoms. The number of nitrogens with zero attached hydrogens (tertiary/aromatic N) is 1. The van der Waals surface area contributed by atoms with Crippen LogP contribution in [0, 0.1) is 13.8 Å². The van der Waals surface area contributed by atoms with Crippen molar-refractivity contribution in [2.75, 3.05) is 0 Å². The molecule has 1 atom stereocenters. The van der Waals surface area contributed by atoms with E-state index < -0.39 is 0 Å². The molecule has 0 fully saturated rings. The Balaban J connectivity index is 2.38. The summed E-state index contributed by atoms with van der Waals surface area (Å²) in [6, 6.07) is 7.53. The summed E-state index contributed by atoms with van der Waals surface area (Å²) < 4.78 is 0. The van der Waals surface area contributed by atoms with Crippen LogP contribution in [0.2, 0.25) is 5.02 Å². The summed E-state index contributed by atoms with van der Waals surface area (Å²) in [7, 11) is 0. The number of aryl methyl sites for hydroxylation is 2. The Hall–Kier alpha value is -0.900. The van der Waals surface area contributed by atoms with Crippen molar-refractivity contribution in [1.29, 1.82) is 0 Å². The number of thiazole rings is 1. The van der Waals surface area contributed by atoms with Gasteiger partial charge in [-0.05, 0) is 31.5 Å². The summed E-state index contributed by atoms with van der Waals surface area (Å²) in [4.78, 5) is 5.50. The molecular formula is C12H13ClN2S. The van der Waals surface area contributed by atoms with E-state index in [2.05, 4.69) is 4.98 Å². The highest BCUT2D eigenvalue weighted by molar-refractivity contribution is 7.11. The lowest BCUT2D eigenvalue weighted by atomic mass is 10.1. The van der Waals surface area contributed by atoms with Crippen molar-refractivity contribution >= 4 is 22.9 Å². The molecule has 0 saturated heterocycles. The van der Waals surface area contributed by atoms with Crippen molar-refractivity contribution in [3.05, 3.63) is 50.4 Å². The minimum atomic E-state index is -0.134. The molecule has 0 spiro atoms. The Morgan fingerprint density at radius 3 is 2.69 bits per heavy atom. The number of hydrogen-bond donors (Lipinski definition) is 1. The second-order valence-electron chi connectivity index (χ2n) is 3.72. The van der Waals surface area contributed by atoms with Crippen molar-refractivity contribution in [2.24, 2.45) is 5.73 Å². The maximum atomic E-state index is 6.21. The fraction of sp³-hybridized carbons (Fsp3) is 0.250. The lowest BCUT2D eigenvalue weighted by Gasteiger charge is -2.10. The van der Waals surface area contributed by atoms with E-state index in [0.29, 0.717) is 5.02 Å². The van der Waals surface area contributed by atoms with Crippen LogP contribution in [0.1, 0.15) is 27.2 Å². The van der Waals surface area contributed by atoms with Gasteiger partial charge >= 0.3 is 0 Å². The molecule has 1 heterocycles. The maximum Gasteiger partial charge on any atom is 0.0900 e. The van der Waals surface area contributed by atoms with Crippen LogP contribution in [0.3, 0.4) is 0 Å². The Morgan fingerprint density at radius 1 is 1.38 bits per heavy atom. The van der Waals surface area contributed by atoms with Crippen molar-refractivity contribution in [3.63, 3.8) is 0 Å². The first kappa shape index (κ1) is 11.6. The molecule has 0 aliphatic heterocycles. The largest absolute Gasteiger partial charge is 0.320 e. The van der Waals surface area contributed by atoms with Gasteiger partial charge < -0.3 is 5.73 Å². The van der Waals surface area contributed by atoms with E-state index in [1.165, 1.54) is 0 Å². The van der Waals surface area contributed by atoms with Gasteiger partial charge in [0.25, 0.3) is 0 Å². The van der Waals surface area contributed by atoms with Gasteiger partial charge in [0.1, 0.15) is 0 Å². The molecule has 2 nitrogen and oxygen atoms in total. The van der Waals surface area contributed by atoms with E-state index in [4.69, 9.17) is 17.3 Å². The predicted octanol–water partition coefficient (Wildman–Crippen LogP) is 3.46. The summed E-state index contributed by atoms with van der Waals surface area (Å²) in [5.41, 5.74) is 8.25. The molecule has 2 N–H and O–H groups in total. The zero-order valence-corrected chi connectivity index (χ0v) is 10.8. The van der Waals surface area contributed by atoms with Gasteiger partial charge in [0.05, 0.1) is 16.7 Å². The Morgan fingerprint density at radius 2 is 2.12 bits per heavy atom. The van der Waals surface area contributed by atoms with Crippen molar-refractivity contribution in [3.8, 4) is 0 Å². The second-order valence-corrected chi connectivity index (χ2v) is 5.39. The van der Waals surface area contributed by atoms with E-state index in [1.807, 2.05) is 38.1 Å². The van der Waals surface area contributed by atoms with Gasteiger partial charge in [-0.15, -0.1) is 11.3 Å². The van der Waals surface area contributed by atoms with Crippen LogP contribution in [0.15, 0.2) is 24.3 Å². The van der Waals surface area contributed by atoms with Gasteiger partial charge in [0.15, 0.2) is 0 Å². The van der Waals surface area contributed by atoms with Crippen LogP contribution in [-0.4, -0.2) is 4.98 Å². The zero-order chi connectivity index (χ0) is 11.7. The molecule has 0 aliphatic rings. The van der Waals surface area contributed by atoms with Crippen molar-refractivity contribution < 1.29 is 0 Å². The lowest BCUT2D eigenvalue weighted by molar-refractivity contribution is 0.877. The van der Waals surface area contributed by atoms with E-state index in [-0.39, 0.29) is 6.04 Å². The van der Waals surface area contributed by atoms with E-state index in [1.54, 1.807) is 11.3 Å². The number of halogens is 1. The standard InChI is InChI=1S/C12H13ClN2S/c1-7-12(16-8(2)15-7)11(14)9-4-3-5-10(13)6-9/h3-6,11H,14H2,1-2H3. The molecule has 16 heavy (non-hydrogen) atoms. The number of hydrogen-bond acceptors (Lipinski definition) is 3. The normalized spacial score (nSPS) is 12.8. The Labute approximate surface area is 104 Å². The quantitative estimate of drug-likeness (QED) is 0.889. The first-order valence-corrected chi connectivity index (χ1v) is 6.22. The van der Waals surface area contributed by atoms with Crippen molar-refractivity contribution in [2.45, 2.75) is 19.9 Å². The van der Waals surface area contributed by atoms with Gasteiger partial charge in [-0.25, -0.2) is 4.98 Å². The monoisotopic (exact) mass is 252 g/mol. The first-order valence-electron chi connectivity index (χ1n) is 5.03. The van der Waals surface area contributed by atoms with Crippen LogP contribution in [0.25, 0.3) is 0 Å². The molecule has 0 radical (unpaired) electrons. The summed E-state index contributed by atoms with van der Waals surface area (Å²) in [6.45, 7) is 3.98. The molecule has 1 aromatic carbocycles. The van der Waals surface area contributed by atoms with Gasteiger partial charge in [-0.3, -0.25) is 0 Å². The molecule has 0 amide bonds. The van der Waals surface area contributed by atoms with Gasteiger partial charge in [0, 0.05) is 9.90 Å². The van der Waals surface area contributed by atoms with Gasteiger partial charge in [0.2, 0.25) is 0 Å². The smallest absolute Gasteiger partial charge is 0.0900 e. The summed E-state index contributed by atoms with van der Waals surface area (Å²) in [5.74, 6) is 0. The summed E-state index contributed by atoms with van der Waals surface area (Å²) >= 11 is 7.60. The molecule has 2 aromatic rings. The number of rotatable bonds is 2. The van der Waals surface area contributed by atoms with E-state index in [0.717, 1.165) is 21.1 Å². The minimum Gasteiger partial charge on any atom is -0.320 e. The van der Waals surface area contributed by atoms with Crippen molar-refractivity contribution in [1.82, 2.24) is 4.98 Å². The fourth-order valence-corrected chi connectivity index (χ4v) is 2.84. The third-order valence-corrected chi connectivity index (χ3v) is 3.82. The van der Waals surface area contributed by atoms with Crippen LogP contribution in [0.5, 0.6) is 0 Å². The molecule has 2 rings (SSSR count). The third kappa shape index (κ3) is 2.26. The van der Waals surface area contributed by atoms with Crippen LogP contribution < -0.4 is 5.73 Å². The molecule has 1 unspecified atom stereocenters. The zero-order valence-electron chi connectivity index (χ0n) is 9.20. The summed E-state index contributed by atoms with van der Waals surface area (Å²) in [6.07, 6.45) is 0. The van der Waals surface area contributed by atoms with E-state index in [9.17, 15) is 0 Å². The number of nitrogens with two attached hydrogens (primary N) is 1. The SMILES string of the molecule is Cc1nc(C)c(C(N)c2cccc(Cl)c2)s1. The fourth-order valence-electron chi connectivity index (χ4n) is 1.69. The predicted molar refractivity (Wildman–Crippen MR) is 69.1 cm³/mol. The number of aromatic nitrogens is 1. The van der Waals surface area contributed by atoms with Gasteiger partial charge in [-0.2, -0.15) is 0 Å². The maximum absolute atomic E-state index is 6.21. The lowest BCUT2D eigenvalue weighted by Crippen LogP contribution is -2.11. The van der Waals surface area contributed by atoms with E-state index >= 15 is 0 Å². The Kier molecular flexibility index (Phi) is 3.28. The highest BCUT2D eigenvalue weighted by Crippen LogP contribution is 2.28. The Bertz CT molecular complexity index is 507. The highest BCUT2D eigenvalue weighted by atomic mass is 35.5. The molecular weight excluding hydrogens is 240 g/mol. The minimum absolute atomic E-state index is 0.134. The molecule has 84 valence electrons. The highest BCUT2D eigenvalue weighted by Gasteiger charge is 2.15. The molecule has 0 aliphatic carbocycles. The van der Waals surface area contributed by atoms with Crippen LogP contribution in [-0.2, 0) is 0 Å². The number of benzene rings is 1. The van der Waals surface area contributed by atoms with Crippen LogP contribution >= 0.6 is 22.9 Å². The second kappa shape index (κ2) is 4.53. The average Bonchev–Trinajstić information content (AvgIpc) is 2.57. The summed E-state index contributed by atoms with van der Waals surface area (Å²) in [5, 5.41) is 1.76. The van der Waals surface area contributed by atoms with Gasteiger partial charge in [-0.1, -0.05) is 23.7 Å². The first-order chi connectivity index (χ1) is 7.58.